The molecule has 0 bridgehead atoms. The molecule has 106 valence electrons. The summed E-state index contributed by atoms with van der Waals surface area (Å²) in [5, 5.41) is 3.24. The zero-order chi connectivity index (χ0) is 14.2. The second-order valence-electron chi connectivity index (χ2n) is 4.57. The van der Waals surface area contributed by atoms with Crippen molar-refractivity contribution in [2.45, 2.75) is 33.2 Å². The minimum Gasteiger partial charge on any atom is -0.477 e. The molecule has 0 radical (unpaired) electrons. The molecule has 0 aliphatic rings. The maximum Gasteiger partial charge on any atom is 0.218 e. The number of rotatable bonds is 7. The zero-order valence-electron chi connectivity index (χ0n) is 12.0. The van der Waals surface area contributed by atoms with E-state index < -0.39 is 0 Å². The van der Waals surface area contributed by atoms with Crippen molar-refractivity contribution < 1.29 is 4.74 Å². The first-order valence-electron chi connectivity index (χ1n) is 6.89. The molecule has 2 aromatic heterocycles. The van der Waals surface area contributed by atoms with Gasteiger partial charge in [-0.2, -0.15) is 0 Å². The molecule has 0 aliphatic heterocycles. The molecule has 2 heterocycles. The van der Waals surface area contributed by atoms with E-state index in [4.69, 9.17) is 4.74 Å². The van der Waals surface area contributed by atoms with Crippen molar-refractivity contribution in [1.29, 1.82) is 0 Å². The van der Waals surface area contributed by atoms with Gasteiger partial charge in [0, 0.05) is 24.5 Å². The fourth-order valence-electron chi connectivity index (χ4n) is 1.74. The molecule has 0 amide bonds. The Balaban J connectivity index is 1.98. The highest BCUT2D eigenvalue weighted by atomic mass is 16.5. The third-order valence-electron chi connectivity index (χ3n) is 2.80. The monoisotopic (exact) mass is 272 g/mol. The van der Waals surface area contributed by atoms with E-state index in [0.717, 1.165) is 29.9 Å². The quantitative estimate of drug-likeness (QED) is 0.785. The first kappa shape index (κ1) is 14.2. The van der Waals surface area contributed by atoms with Gasteiger partial charge in [-0.1, -0.05) is 19.4 Å². The van der Waals surface area contributed by atoms with E-state index in [1.165, 1.54) is 0 Å². The van der Waals surface area contributed by atoms with Gasteiger partial charge >= 0.3 is 0 Å². The van der Waals surface area contributed by atoms with Gasteiger partial charge in [-0.05, 0) is 19.4 Å². The lowest BCUT2D eigenvalue weighted by molar-refractivity contribution is 0.295. The van der Waals surface area contributed by atoms with Crippen molar-refractivity contribution in [3.8, 4) is 5.88 Å². The minimum atomic E-state index is 0.618. The van der Waals surface area contributed by atoms with Crippen LogP contribution in [0.2, 0.25) is 0 Å². The van der Waals surface area contributed by atoms with E-state index in [9.17, 15) is 0 Å². The zero-order valence-corrected chi connectivity index (χ0v) is 12.0. The summed E-state index contributed by atoms with van der Waals surface area (Å²) in [5.74, 6) is 1.45. The maximum absolute atomic E-state index is 5.70. The van der Waals surface area contributed by atoms with Crippen molar-refractivity contribution in [3.63, 3.8) is 0 Å². The number of aryl methyl sites for hydroxylation is 1. The van der Waals surface area contributed by atoms with Crippen LogP contribution in [0.5, 0.6) is 5.88 Å². The summed E-state index contributed by atoms with van der Waals surface area (Å²) in [4.78, 5) is 12.7. The van der Waals surface area contributed by atoms with Crippen LogP contribution in [0.3, 0.4) is 0 Å². The second-order valence-corrected chi connectivity index (χ2v) is 4.57. The van der Waals surface area contributed by atoms with Crippen LogP contribution in [-0.4, -0.2) is 21.6 Å². The molecule has 0 unspecified atom stereocenters. The Kier molecular flexibility index (Phi) is 5.29. The number of pyridine rings is 1. The fourth-order valence-corrected chi connectivity index (χ4v) is 1.74. The number of ether oxygens (including phenoxy) is 1. The van der Waals surface area contributed by atoms with E-state index in [1.54, 1.807) is 18.6 Å². The highest BCUT2D eigenvalue weighted by molar-refractivity contribution is 5.35. The molecule has 20 heavy (non-hydrogen) atoms. The highest BCUT2D eigenvalue weighted by Gasteiger charge is 2.05. The van der Waals surface area contributed by atoms with Crippen molar-refractivity contribution in [2.24, 2.45) is 0 Å². The molecule has 0 spiro atoms. The second kappa shape index (κ2) is 7.43. The molecular formula is C15H20N4O. The normalized spacial score (nSPS) is 10.3. The number of aromatic nitrogens is 3. The van der Waals surface area contributed by atoms with Gasteiger partial charge < -0.3 is 10.1 Å². The number of anilines is 1. The van der Waals surface area contributed by atoms with Crippen LogP contribution in [0, 0.1) is 6.92 Å². The van der Waals surface area contributed by atoms with Crippen LogP contribution in [0.1, 0.15) is 31.0 Å². The Bertz CT molecular complexity index is 545. The molecule has 1 N–H and O–H groups in total. The van der Waals surface area contributed by atoms with E-state index in [0.29, 0.717) is 19.0 Å². The lowest BCUT2D eigenvalue weighted by Gasteiger charge is -2.11. The molecule has 0 saturated heterocycles. The van der Waals surface area contributed by atoms with Gasteiger partial charge in [-0.3, -0.25) is 4.98 Å². The maximum atomic E-state index is 5.70. The molecule has 2 rings (SSSR count). The molecule has 0 fully saturated rings. The van der Waals surface area contributed by atoms with Crippen LogP contribution in [0.4, 0.5) is 5.82 Å². The summed E-state index contributed by atoms with van der Waals surface area (Å²) >= 11 is 0. The molecule has 0 saturated carbocycles. The first-order chi connectivity index (χ1) is 9.79. The Morgan fingerprint density at radius 2 is 2.20 bits per heavy atom. The lowest BCUT2D eigenvalue weighted by atomic mass is 10.2. The summed E-state index contributed by atoms with van der Waals surface area (Å²) in [6.45, 7) is 5.38. The standard InChI is InChI=1S/C15H20N4O/c1-3-4-8-20-15-13(6-5-7-17-15)10-18-14-11-16-9-12(2)19-14/h5-7,9,11H,3-4,8,10H2,1-2H3,(H,18,19). The third-order valence-corrected chi connectivity index (χ3v) is 2.80. The predicted octanol–water partition coefficient (Wildman–Crippen LogP) is 2.97. The van der Waals surface area contributed by atoms with Gasteiger partial charge in [0.25, 0.3) is 0 Å². The van der Waals surface area contributed by atoms with E-state index >= 15 is 0 Å². The first-order valence-corrected chi connectivity index (χ1v) is 6.89. The molecule has 5 heteroatoms. The van der Waals surface area contributed by atoms with Crippen LogP contribution in [-0.2, 0) is 6.54 Å². The Morgan fingerprint density at radius 1 is 1.30 bits per heavy atom. The van der Waals surface area contributed by atoms with Gasteiger partial charge in [-0.25, -0.2) is 9.97 Å². The van der Waals surface area contributed by atoms with E-state index in [1.807, 2.05) is 19.1 Å². The average molecular weight is 272 g/mol. The molecule has 5 nitrogen and oxygen atoms in total. The van der Waals surface area contributed by atoms with Crippen LogP contribution in [0.15, 0.2) is 30.7 Å². The molecule has 2 aromatic rings. The largest absolute Gasteiger partial charge is 0.477 e. The van der Waals surface area contributed by atoms with Crippen LogP contribution >= 0.6 is 0 Å². The van der Waals surface area contributed by atoms with Gasteiger partial charge in [0.2, 0.25) is 5.88 Å². The van der Waals surface area contributed by atoms with Gasteiger partial charge in [0.15, 0.2) is 0 Å². The number of hydrogen-bond donors (Lipinski definition) is 1. The topological polar surface area (TPSA) is 59.9 Å². The molecule has 0 aliphatic carbocycles. The number of hydrogen-bond acceptors (Lipinski definition) is 5. The van der Waals surface area contributed by atoms with E-state index in [-0.39, 0.29) is 0 Å². The highest BCUT2D eigenvalue weighted by Crippen LogP contribution is 2.16. The average Bonchev–Trinajstić information content (AvgIpc) is 2.47. The van der Waals surface area contributed by atoms with Crippen molar-refractivity contribution >= 4 is 5.82 Å². The van der Waals surface area contributed by atoms with Crippen LogP contribution in [0.25, 0.3) is 0 Å². The molecule has 0 atom stereocenters. The number of nitrogens with one attached hydrogen (secondary N) is 1. The number of unbranched alkanes of at least 4 members (excludes halogenated alkanes) is 1. The summed E-state index contributed by atoms with van der Waals surface area (Å²) in [6.07, 6.45) is 7.33. The Hall–Kier alpha value is -2.17. The summed E-state index contributed by atoms with van der Waals surface area (Å²) in [7, 11) is 0. The Morgan fingerprint density at radius 3 is 3.00 bits per heavy atom. The summed E-state index contributed by atoms with van der Waals surface area (Å²) in [6, 6.07) is 3.91. The predicted molar refractivity (Wildman–Crippen MR) is 78.7 cm³/mol. The SMILES string of the molecule is CCCCOc1ncccc1CNc1cncc(C)n1. The van der Waals surface area contributed by atoms with Crippen molar-refractivity contribution in [2.75, 3.05) is 11.9 Å². The van der Waals surface area contributed by atoms with Gasteiger partial charge in [0.05, 0.1) is 18.5 Å². The summed E-state index contributed by atoms with van der Waals surface area (Å²) < 4.78 is 5.70. The Labute approximate surface area is 119 Å². The van der Waals surface area contributed by atoms with Crippen LogP contribution < -0.4 is 10.1 Å². The third kappa shape index (κ3) is 4.19. The molecule has 0 aromatic carbocycles. The summed E-state index contributed by atoms with van der Waals surface area (Å²) in [5.41, 5.74) is 1.91. The van der Waals surface area contributed by atoms with Crippen molar-refractivity contribution in [1.82, 2.24) is 15.0 Å². The molecular weight excluding hydrogens is 252 g/mol. The van der Waals surface area contributed by atoms with Gasteiger partial charge in [0.1, 0.15) is 5.82 Å². The fraction of sp³-hybridized carbons (Fsp3) is 0.400. The lowest BCUT2D eigenvalue weighted by Crippen LogP contribution is -2.07. The van der Waals surface area contributed by atoms with Gasteiger partial charge in [-0.15, -0.1) is 0 Å². The smallest absolute Gasteiger partial charge is 0.218 e. The minimum absolute atomic E-state index is 0.618. The van der Waals surface area contributed by atoms with Crippen molar-refractivity contribution in [3.05, 3.63) is 42.0 Å². The number of nitrogens with zero attached hydrogens (tertiary/aromatic N) is 3. The van der Waals surface area contributed by atoms with E-state index in [2.05, 4.69) is 27.2 Å².